The molecule has 0 spiro atoms. The van der Waals surface area contributed by atoms with Crippen LogP contribution in [0, 0.1) is 0 Å². The largest absolute Gasteiger partial charge is 0.384 e. The molecule has 1 nitrogen and oxygen atoms in total. The Morgan fingerprint density at radius 3 is 2.67 bits per heavy atom. The molecule has 0 aromatic heterocycles. The average molecular weight is 279 g/mol. The second-order valence-electron chi connectivity index (χ2n) is 6.12. The highest BCUT2D eigenvalue weighted by molar-refractivity contribution is 5.45. The Morgan fingerprint density at radius 1 is 1.05 bits per heavy atom. The lowest BCUT2D eigenvalue weighted by atomic mass is 9.83. The molecule has 1 aliphatic rings. The molecule has 0 saturated heterocycles. The minimum absolute atomic E-state index is 0.658. The Kier molecular flexibility index (Phi) is 4.59. The summed E-state index contributed by atoms with van der Waals surface area (Å²) in [6.07, 6.45) is 6.26. The smallest absolute Gasteiger partial charge is 0.0340 e. The summed E-state index contributed by atoms with van der Waals surface area (Å²) in [6.45, 7) is 3.27. The summed E-state index contributed by atoms with van der Waals surface area (Å²) in [4.78, 5) is 0. The van der Waals surface area contributed by atoms with Crippen LogP contribution in [0.3, 0.4) is 0 Å². The number of rotatable bonds is 5. The van der Waals surface area contributed by atoms with E-state index in [0.717, 1.165) is 6.54 Å². The third-order valence-electron chi connectivity index (χ3n) is 4.54. The van der Waals surface area contributed by atoms with Gasteiger partial charge in [0.1, 0.15) is 0 Å². The molecule has 0 amide bonds. The van der Waals surface area contributed by atoms with Gasteiger partial charge >= 0.3 is 0 Å². The average Bonchev–Trinajstić information content (AvgIpc) is 2.54. The number of anilines is 1. The molecule has 0 fully saturated rings. The summed E-state index contributed by atoms with van der Waals surface area (Å²) in [5.41, 5.74) is 5.79. The number of benzene rings is 2. The van der Waals surface area contributed by atoms with E-state index in [4.69, 9.17) is 0 Å². The summed E-state index contributed by atoms with van der Waals surface area (Å²) in [5, 5.41) is 3.62. The molecular formula is C20H25N. The van der Waals surface area contributed by atoms with Crippen LogP contribution in [-0.2, 0) is 12.8 Å². The number of aryl methyl sites for hydroxylation is 2. The Labute approximate surface area is 128 Å². The van der Waals surface area contributed by atoms with Crippen LogP contribution in [0.25, 0.3) is 0 Å². The molecule has 0 aliphatic heterocycles. The van der Waals surface area contributed by atoms with Crippen LogP contribution in [-0.4, -0.2) is 6.54 Å². The first-order valence-electron chi connectivity index (χ1n) is 8.27. The normalized spacial score (nSPS) is 17.3. The molecule has 2 aromatic rings. The van der Waals surface area contributed by atoms with Crippen molar-refractivity contribution in [3.63, 3.8) is 0 Å². The van der Waals surface area contributed by atoms with Crippen molar-refractivity contribution < 1.29 is 0 Å². The van der Waals surface area contributed by atoms with Gasteiger partial charge in [0, 0.05) is 18.2 Å². The van der Waals surface area contributed by atoms with Crippen molar-refractivity contribution in [1.82, 2.24) is 0 Å². The van der Waals surface area contributed by atoms with Crippen molar-refractivity contribution in [2.24, 2.45) is 0 Å². The molecule has 0 bridgehead atoms. The fourth-order valence-electron chi connectivity index (χ4n) is 3.39. The van der Waals surface area contributed by atoms with Crippen LogP contribution in [0.5, 0.6) is 0 Å². The first-order chi connectivity index (χ1) is 10.4. The van der Waals surface area contributed by atoms with E-state index in [1.54, 1.807) is 11.1 Å². The summed E-state index contributed by atoms with van der Waals surface area (Å²) in [7, 11) is 0. The lowest BCUT2D eigenvalue weighted by molar-refractivity contribution is 0.572. The molecule has 2 aromatic carbocycles. The van der Waals surface area contributed by atoms with Gasteiger partial charge in [-0.05, 0) is 54.5 Å². The van der Waals surface area contributed by atoms with Gasteiger partial charge in [-0.25, -0.2) is 0 Å². The molecule has 1 heteroatoms. The van der Waals surface area contributed by atoms with Gasteiger partial charge in [-0.1, -0.05) is 49.7 Å². The van der Waals surface area contributed by atoms with Crippen molar-refractivity contribution in [3.8, 4) is 0 Å². The van der Waals surface area contributed by atoms with Crippen molar-refractivity contribution in [2.45, 2.75) is 44.9 Å². The Morgan fingerprint density at radius 2 is 1.86 bits per heavy atom. The third-order valence-corrected chi connectivity index (χ3v) is 4.54. The Balaban J connectivity index is 1.63. The zero-order valence-electron chi connectivity index (χ0n) is 12.9. The van der Waals surface area contributed by atoms with Crippen LogP contribution in [0.2, 0.25) is 0 Å². The molecule has 110 valence electrons. The predicted octanol–water partition coefficient (Wildman–Crippen LogP) is 5.17. The Bertz CT molecular complexity index is 571. The molecule has 0 radical (unpaired) electrons. The number of hydrogen-bond acceptors (Lipinski definition) is 1. The highest BCUT2D eigenvalue weighted by Gasteiger charge is 2.19. The first-order valence-corrected chi connectivity index (χ1v) is 8.27. The quantitative estimate of drug-likeness (QED) is 0.796. The van der Waals surface area contributed by atoms with E-state index >= 15 is 0 Å². The van der Waals surface area contributed by atoms with Gasteiger partial charge in [-0.3, -0.25) is 0 Å². The lowest BCUT2D eigenvalue weighted by Crippen LogP contribution is -2.18. The molecule has 0 saturated carbocycles. The molecule has 1 unspecified atom stereocenters. The van der Waals surface area contributed by atoms with Crippen molar-refractivity contribution in [3.05, 3.63) is 65.2 Å². The van der Waals surface area contributed by atoms with Gasteiger partial charge in [0.25, 0.3) is 0 Å². The number of hydrogen-bond donors (Lipinski definition) is 1. The van der Waals surface area contributed by atoms with Crippen LogP contribution in [0.4, 0.5) is 5.69 Å². The standard InChI is InChI=1S/C20H25N/c1-2-6-16-11-13-19(14-12-16)21-15-18-9-5-8-17-7-3-4-10-20(17)18/h3-4,7,10-14,18,21H,2,5-6,8-9,15H2,1H3. The molecule has 21 heavy (non-hydrogen) atoms. The number of fused-ring (bicyclic) bond motifs is 1. The zero-order valence-corrected chi connectivity index (χ0v) is 12.9. The zero-order chi connectivity index (χ0) is 14.5. The van der Waals surface area contributed by atoms with Crippen LogP contribution >= 0.6 is 0 Å². The van der Waals surface area contributed by atoms with Crippen molar-refractivity contribution >= 4 is 5.69 Å². The van der Waals surface area contributed by atoms with Gasteiger partial charge in [-0.2, -0.15) is 0 Å². The van der Waals surface area contributed by atoms with Gasteiger partial charge in [0.2, 0.25) is 0 Å². The monoisotopic (exact) mass is 279 g/mol. The second kappa shape index (κ2) is 6.80. The highest BCUT2D eigenvalue weighted by atomic mass is 14.9. The molecule has 0 heterocycles. The van der Waals surface area contributed by atoms with Crippen molar-refractivity contribution in [2.75, 3.05) is 11.9 Å². The van der Waals surface area contributed by atoms with Crippen LogP contribution in [0.15, 0.2) is 48.5 Å². The van der Waals surface area contributed by atoms with E-state index < -0.39 is 0 Å². The van der Waals surface area contributed by atoms with Crippen LogP contribution < -0.4 is 5.32 Å². The SMILES string of the molecule is CCCc1ccc(NCC2CCCc3ccccc32)cc1. The number of nitrogens with one attached hydrogen (secondary N) is 1. The maximum absolute atomic E-state index is 3.62. The van der Waals surface area contributed by atoms with Gasteiger partial charge in [-0.15, -0.1) is 0 Å². The maximum Gasteiger partial charge on any atom is 0.0340 e. The van der Waals surface area contributed by atoms with Crippen LogP contribution in [0.1, 0.15) is 48.8 Å². The molecule has 1 N–H and O–H groups in total. The third kappa shape index (κ3) is 3.47. The van der Waals surface area contributed by atoms with Crippen molar-refractivity contribution in [1.29, 1.82) is 0 Å². The lowest BCUT2D eigenvalue weighted by Gasteiger charge is -2.26. The summed E-state index contributed by atoms with van der Waals surface area (Å²) in [5.74, 6) is 0.658. The summed E-state index contributed by atoms with van der Waals surface area (Å²) < 4.78 is 0. The summed E-state index contributed by atoms with van der Waals surface area (Å²) >= 11 is 0. The van der Waals surface area contributed by atoms with E-state index in [9.17, 15) is 0 Å². The molecule has 1 atom stereocenters. The highest BCUT2D eigenvalue weighted by Crippen LogP contribution is 2.31. The fraction of sp³-hybridized carbons (Fsp3) is 0.400. The van der Waals surface area contributed by atoms with E-state index in [0.29, 0.717) is 5.92 Å². The van der Waals surface area contributed by atoms with E-state index in [1.165, 1.54) is 43.4 Å². The molecule has 1 aliphatic carbocycles. The Hall–Kier alpha value is -1.76. The minimum Gasteiger partial charge on any atom is -0.384 e. The molecule has 3 rings (SSSR count). The minimum atomic E-state index is 0.658. The van der Waals surface area contributed by atoms with E-state index in [-0.39, 0.29) is 0 Å². The predicted molar refractivity (Wildman–Crippen MR) is 91.0 cm³/mol. The second-order valence-corrected chi connectivity index (χ2v) is 6.12. The van der Waals surface area contributed by atoms with E-state index in [1.807, 2.05) is 0 Å². The maximum atomic E-state index is 3.62. The van der Waals surface area contributed by atoms with Gasteiger partial charge < -0.3 is 5.32 Å². The first kappa shape index (κ1) is 14.2. The summed E-state index contributed by atoms with van der Waals surface area (Å²) in [6, 6.07) is 17.9. The fourth-order valence-corrected chi connectivity index (χ4v) is 3.39. The van der Waals surface area contributed by atoms with Gasteiger partial charge in [0.15, 0.2) is 0 Å². The van der Waals surface area contributed by atoms with Gasteiger partial charge in [0.05, 0.1) is 0 Å². The topological polar surface area (TPSA) is 12.0 Å². The van der Waals surface area contributed by atoms with E-state index in [2.05, 4.69) is 60.8 Å². The molecular weight excluding hydrogens is 254 g/mol.